The lowest BCUT2D eigenvalue weighted by Gasteiger charge is -2.56. The Labute approximate surface area is 203 Å². The van der Waals surface area contributed by atoms with Gasteiger partial charge in [0.05, 0.1) is 5.41 Å². The number of hydrogen-bond donors (Lipinski definition) is 0. The number of hydrogen-bond acceptors (Lipinski definition) is 7. The summed E-state index contributed by atoms with van der Waals surface area (Å²) in [6.07, 6.45) is 0. The number of fused-ring (bicyclic) bond motifs is 1. The van der Waals surface area contributed by atoms with Crippen LogP contribution in [0.15, 0.2) is 0 Å². The Morgan fingerprint density at radius 2 is 1.67 bits per heavy atom. The zero-order chi connectivity index (χ0) is 25.8. The average molecular weight is 499 g/mol. The van der Waals surface area contributed by atoms with Crippen LogP contribution in [-0.4, -0.2) is 65.9 Å². The Bertz CT molecular complexity index is 872. The summed E-state index contributed by atoms with van der Waals surface area (Å²) in [6.45, 7) is 28.3. The molecule has 2 saturated heterocycles. The molecule has 4 atom stereocenters. The summed E-state index contributed by atoms with van der Waals surface area (Å²) < 4.78 is 16.1. The van der Waals surface area contributed by atoms with Gasteiger partial charge in [-0.15, -0.1) is 11.8 Å². The largest absolute Gasteiger partial charge is 0.427 e. The molecule has 1 amide bonds. The van der Waals surface area contributed by atoms with Gasteiger partial charge in [0.15, 0.2) is 14.4 Å². The number of rotatable bonds is 6. The molecule has 10 heteroatoms. The number of β-lactam (4-membered cyclic amide) rings is 1. The first-order valence-electron chi connectivity index (χ1n) is 11.2. The van der Waals surface area contributed by atoms with Crippen LogP contribution in [0.4, 0.5) is 0 Å². The minimum atomic E-state index is -1.63. The van der Waals surface area contributed by atoms with Crippen LogP contribution in [0.2, 0.25) is 13.1 Å². The highest BCUT2D eigenvalue weighted by molar-refractivity contribution is 8.01. The zero-order valence-electron chi connectivity index (χ0n) is 21.7. The highest BCUT2D eigenvalue weighted by Crippen LogP contribution is 2.63. The molecule has 2 fully saturated rings. The van der Waals surface area contributed by atoms with Crippen molar-refractivity contribution in [3.8, 4) is 0 Å². The average Bonchev–Trinajstić information content (AvgIpc) is 2.88. The minimum absolute atomic E-state index is 0.415. The molecular weight excluding hydrogens is 460 g/mol. The van der Waals surface area contributed by atoms with Gasteiger partial charge in [-0.2, -0.15) is 0 Å². The fraction of sp³-hybridized carbons (Fsp3) is 0.826. The maximum Gasteiger partial charge on any atom is 0.365 e. The van der Waals surface area contributed by atoms with E-state index in [2.05, 4.69) is 4.85 Å². The molecule has 0 aromatic rings. The molecule has 2 unspecified atom stereocenters. The maximum absolute atomic E-state index is 13.7. The monoisotopic (exact) mass is 498 g/mol. The summed E-state index contributed by atoms with van der Waals surface area (Å²) in [5.41, 5.74) is -3.70. The summed E-state index contributed by atoms with van der Waals surface area (Å²) >= 11 is 1.42. The first kappa shape index (κ1) is 27.7. The van der Waals surface area contributed by atoms with Crippen molar-refractivity contribution in [1.29, 1.82) is 0 Å². The van der Waals surface area contributed by atoms with E-state index in [9.17, 15) is 14.4 Å². The van der Waals surface area contributed by atoms with Crippen molar-refractivity contribution in [2.24, 2.45) is 10.8 Å². The van der Waals surface area contributed by atoms with E-state index in [0.717, 1.165) is 0 Å². The highest BCUT2D eigenvalue weighted by atomic mass is 32.2. The normalized spacial score (nSPS) is 28.5. The number of amides is 1. The van der Waals surface area contributed by atoms with E-state index in [1.807, 2.05) is 54.6 Å². The lowest BCUT2D eigenvalue weighted by atomic mass is 9.61. The molecule has 0 aliphatic carbocycles. The molecule has 2 rings (SSSR count). The van der Waals surface area contributed by atoms with Crippen LogP contribution in [0.1, 0.15) is 62.3 Å². The number of esters is 2. The van der Waals surface area contributed by atoms with Crippen molar-refractivity contribution in [3.05, 3.63) is 11.4 Å². The van der Waals surface area contributed by atoms with Crippen LogP contribution in [-0.2, 0) is 28.3 Å². The van der Waals surface area contributed by atoms with Gasteiger partial charge in [0, 0.05) is 4.75 Å². The lowest BCUT2D eigenvalue weighted by Crippen LogP contribution is -2.82. The first-order valence-corrected chi connectivity index (χ1v) is 14.8. The summed E-state index contributed by atoms with van der Waals surface area (Å²) in [6, 6.07) is -0.899. The van der Waals surface area contributed by atoms with Crippen LogP contribution in [0, 0.1) is 17.4 Å². The van der Waals surface area contributed by atoms with Crippen molar-refractivity contribution in [2.75, 3.05) is 6.79 Å². The molecule has 0 N–H and O–H groups in total. The van der Waals surface area contributed by atoms with Crippen LogP contribution in [0.25, 0.3) is 4.85 Å². The molecule has 33 heavy (non-hydrogen) atoms. The van der Waals surface area contributed by atoms with E-state index >= 15 is 0 Å². The van der Waals surface area contributed by atoms with Gasteiger partial charge >= 0.3 is 23.4 Å². The Morgan fingerprint density at radius 3 is 2.09 bits per heavy atom. The highest BCUT2D eigenvalue weighted by Gasteiger charge is 2.85. The van der Waals surface area contributed by atoms with Crippen LogP contribution in [0.3, 0.4) is 0 Å². The molecule has 0 aromatic heterocycles. The van der Waals surface area contributed by atoms with E-state index < -0.39 is 71.8 Å². The van der Waals surface area contributed by atoms with Gasteiger partial charge in [-0.25, -0.2) is 11.4 Å². The third-order valence-corrected chi connectivity index (χ3v) is 9.12. The molecule has 0 bridgehead atoms. The molecule has 0 spiro atoms. The molecule has 0 aromatic carbocycles. The SMILES string of the molecule is [C-]#[N+]C1(C(C)(O[SiH](C)C)C(C)(C)C)C(=O)N2[C@@H](C(=O)OCOC(=O)C(C)(C)C)C(C)(C)S[C@@H]21. The Balaban J connectivity index is 2.35. The second-order valence-electron chi connectivity index (χ2n) is 11.8. The van der Waals surface area contributed by atoms with Crippen molar-refractivity contribution in [2.45, 2.75) is 103 Å². The fourth-order valence-electron chi connectivity index (χ4n) is 4.42. The van der Waals surface area contributed by atoms with Gasteiger partial charge in [-0.3, -0.25) is 19.3 Å². The number of thioether (sulfide) groups is 1. The molecule has 0 saturated carbocycles. The summed E-state index contributed by atoms with van der Waals surface area (Å²) in [7, 11) is -1.63. The summed E-state index contributed by atoms with van der Waals surface area (Å²) in [5.74, 6) is -1.56. The smallest absolute Gasteiger partial charge is 0.365 e. The summed E-state index contributed by atoms with van der Waals surface area (Å²) in [5, 5.41) is -0.552. The maximum atomic E-state index is 13.7. The summed E-state index contributed by atoms with van der Waals surface area (Å²) in [4.78, 5) is 44.1. The van der Waals surface area contributed by atoms with E-state index in [-0.39, 0.29) is 0 Å². The number of carbonyl (C=O) groups is 3. The van der Waals surface area contributed by atoms with E-state index in [0.29, 0.717) is 0 Å². The second-order valence-corrected chi connectivity index (χ2v) is 15.8. The van der Waals surface area contributed by atoms with Crippen LogP contribution < -0.4 is 0 Å². The predicted molar refractivity (Wildman–Crippen MR) is 130 cm³/mol. The molecule has 2 aliphatic heterocycles. The molecule has 0 radical (unpaired) electrons. The van der Waals surface area contributed by atoms with Crippen molar-refractivity contribution >= 4 is 38.6 Å². The molecule has 8 nitrogen and oxygen atoms in total. The van der Waals surface area contributed by atoms with Gasteiger partial charge in [-0.1, -0.05) is 20.8 Å². The van der Waals surface area contributed by atoms with Crippen molar-refractivity contribution in [3.63, 3.8) is 0 Å². The Kier molecular flexibility index (Phi) is 7.19. The van der Waals surface area contributed by atoms with Crippen molar-refractivity contribution in [1.82, 2.24) is 4.90 Å². The number of carbonyl (C=O) groups excluding carboxylic acids is 3. The molecule has 186 valence electrons. The van der Waals surface area contributed by atoms with Gasteiger partial charge in [0.1, 0.15) is 11.6 Å². The van der Waals surface area contributed by atoms with E-state index in [4.69, 9.17) is 20.5 Å². The first-order chi connectivity index (χ1) is 14.8. The lowest BCUT2D eigenvalue weighted by molar-refractivity contribution is -0.190. The van der Waals surface area contributed by atoms with Gasteiger partial charge in [0.25, 0.3) is 0 Å². The minimum Gasteiger partial charge on any atom is -0.427 e. The quantitative estimate of drug-likeness (QED) is 0.182. The third kappa shape index (κ3) is 4.32. The topological polar surface area (TPSA) is 86.5 Å². The van der Waals surface area contributed by atoms with Gasteiger partial charge in [0.2, 0.25) is 6.79 Å². The Morgan fingerprint density at radius 1 is 1.12 bits per heavy atom. The molecule has 2 aliphatic rings. The second kappa shape index (κ2) is 8.58. The zero-order valence-corrected chi connectivity index (χ0v) is 23.7. The van der Waals surface area contributed by atoms with Crippen LogP contribution in [0.5, 0.6) is 0 Å². The van der Waals surface area contributed by atoms with Gasteiger partial charge < -0.3 is 13.9 Å². The Hall–Kier alpha value is -1.57. The third-order valence-electron chi connectivity index (χ3n) is 6.56. The number of ether oxygens (including phenoxy) is 2. The van der Waals surface area contributed by atoms with E-state index in [1.54, 1.807) is 20.8 Å². The van der Waals surface area contributed by atoms with E-state index in [1.165, 1.54) is 16.7 Å². The predicted octanol–water partition coefficient (Wildman–Crippen LogP) is 3.60. The van der Waals surface area contributed by atoms with Gasteiger partial charge in [-0.05, 0) is 60.1 Å². The number of nitrogens with zero attached hydrogens (tertiary/aromatic N) is 2. The molecular formula is C23H38N2O6SSi. The van der Waals surface area contributed by atoms with Crippen molar-refractivity contribution < 1.29 is 28.3 Å². The van der Waals surface area contributed by atoms with Crippen LogP contribution >= 0.6 is 11.8 Å². The molecule has 2 heterocycles. The standard InChI is InChI=1S/C23H38N2O6SSi/c1-19(2,3)18(28)30-13-29-15(26)14-21(7,8)32-17-23(24-10,16(27)25(14)17)22(9,20(4,5)6)31-33(11)12/h14,17,33H,13H2,1-9,11-12H3/t14-,17+,22?,23?/m0/s1. The fourth-order valence-corrected chi connectivity index (χ4v) is 7.69.